The van der Waals surface area contributed by atoms with Crippen molar-refractivity contribution in [1.82, 2.24) is 20.3 Å². The molecule has 0 radical (unpaired) electrons. The minimum absolute atomic E-state index is 0.321. The normalized spacial score (nSPS) is 11.5. The van der Waals surface area contributed by atoms with Crippen LogP contribution in [0.2, 0.25) is 0 Å². The van der Waals surface area contributed by atoms with E-state index in [0.29, 0.717) is 6.10 Å². The van der Waals surface area contributed by atoms with Crippen molar-refractivity contribution in [3.05, 3.63) is 24.3 Å². The molecule has 1 N–H and O–H groups in total. The summed E-state index contributed by atoms with van der Waals surface area (Å²) in [6.07, 6.45) is 1.36. The SMILES string of the molecule is CC(C)OCCCNCCn1nnc2ccccc21. The van der Waals surface area contributed by atoms with Crippen LogP contribution in [-0.2, 0) is 11.3 Å². The molecule has 0 aliphatic carbocycles. The summed E-state index contributed by atoms with van der Waals surface area (Å²) in [4.78, 5) is 0. The molecular weight excluding hydrogens is 240 g/mol. The summed E-state index contributed by atoms with van der Waals surface area (Å²) >= 11 is 0. The van der Waals surface area contributed by atoms with Gasteiger partial charge in [0.05, 0.1) is 18.2 Å². The lowest BCUT2D eigenvalue weighted by Crippen LogP contribution is -2.22. The number of fused-ring (bicyclic) bond motifs is 1. The number of benzene rings is 1. The minimum Gasteiger partial charge on any atom is -0.379 e. The first-order valence-corrected chi connectivity index (χ1v) is 6.88. The van der Waals surface area contributed by atoms with Crippen molar-refractivity contribution < 1.29 is 4.74 Å². The second-order valence-electron chi connectivity index (χ2n) is 4.82. The van der Waals surface area contributed by atoms with Gasteiger partial charge in [-0.25, -0.2) is 4.68 Å². The minimum atomic E-state index is 0.321. The molecule has 0 bridgehead atoms. The third-order valence-electron chi connectivity index (χ3n) is 2.87. The van der Waals surface area contributed by atoms with Gasteiger partial charge in [0.15, 0.2) is 0 Å². The van der Waals surface area contributed by atoms with Crippen LogP contribution < -0.4 is 5.32 Å². The van der Waals surface area contributed by atoms with Crippen molar-refractivity contribution in [2.24, 2.45) is 0 Å². The molecule has 0 fully saturated rings. The third kappa shape index (κ3) is 4.29. The first-order chi connectivity index (χ1) is 9.27. The number of nitrogens with zero attached hydrogens (tertiary/aromatic N) is 3. The van der Waals surface area contributed by atoms with Crippen LogP contribution in [0.4, 0.5) is 0 Å². The van der Waals surface area contributed by atoms with Gasteiger partial charge in [0.1, 0.15) is 5.52 Å². The summed E-state index contributed by atoms with van der Waals surface area (Å²) in [7, 11) is 0. The maximum absolute atomic E-state index is 5.48. The van der Waals surface area contributed by atoms with E-state index in [1.165, 1.54) is 0 Å². The van der Waals surface area contributed by atoms with Crippen molar-refractivity contribution in [3.63, 3.8) is 0 Å². The fourth-order valence-electron chi connectivity index (χ4n) is 1.91. The number of rotatable bonds is 8. The van der Waals surface area contributed by atoms with Gasteiger partial charge in [-0.2, -0.15) is 0 Å². The first-order valence-electron chi connectivity index (χ1n) is 6.88. The van der Waals surface area contributed by atoms with Gasteiger partial charge in [-0.3, -0.25) is 0 Å². The molecule has 0 atom stereocenters. The molecule has 1 aromatic heterocycles. The number of nitrogens with one attached hydrogen (secondary N) is 1. The number of ether oxygens (including phenoxy) is 1. The summed E-state index contributed by atoms with van der Waals surface area (Å²) in [5, 5.41) is 11.7. The van der Waals surface area contributed by atoms with Crippen LogP contribution >= 0.6 is 0 Å². The van der Waals surface area contributed by atoms with E-state index < -0.39 is 0 Å². The van der Waals surface area contributed by atoms with Gasteiger partial charge in [0, 0.05) is 13.2 Å². The highest BCUT2D eigenvalue weighted by Gasteiger charge is 2.02. The summed E-state index contributed by atoms with van der Waals surface area (Å²) in [5.41, 5.74) is 2.04. The molecular formula is C14H22N4O. The van der Waals surface area contributed by atoms with Gasteiger partial charge in [-0.1, -0.05) is 17.3 Å². The topological polar surface area (TPSA) is 52.0 Å². The lowest BCUT2D eigenvalue weighted by Gasteiger charge is -2.08. The Balaban J connectivity index is 1.66. The fraction of sp³-hybridized carbons (Fsp3) is 0.571. The molecule has 0 unspecified atom stereocenters. The smallest absolute Gasteiger partial charge is 0.113 e. The molecule has 19 heavy (non-hydrogen) atoms. The summed E-state index contributed by atoms with van der Waals surface area (Å²) < 4.78 is 7.42. The average molecular weight is 262 g/mol. The largest absolute Gasteiger partial charge is 0.379 e. The highest BCUT2D eigenvalue weighted by molar-refractivity contribution is 5.73. The number of para-hydroxylation sites is 1. The first kappa shape index (κ1) is 14.0. The standard InChI is InChI=1S/C14H22N4O/c1-12(2)19-11-5-8-15-9-10-18-14-7-4-3-6-13(14)16-17-18/h3-4,6-7,12,15H,5,8-11H2,1-2H3. The Bertz CT molecular complexity index is 495. The molecule has 0 saturated carbocycles. The Morgan fingerprint density at radius 3 is 2.95 bits per heavy atom. The molecule has 0 aliphatic heterocycles. The van der Waals surface area contributed by atoms with E-state index in [9.17, 15) is 0 Å². The van der Waals surface area contributed by atoms with Gasteiger partial charge in [0.25, 0.3) is 0 Å². The second-order valence-corrected chi connectivity index (χ2v) is 4.82. The monoisotopic (exact) mass is 262 g/mol. The molecule has 0 aliphatic rings. The second kappa shape index (κ2) is 7.21. The zero-order chi connectivity index (χ0) is 13.5. The number of hydrogen-bond donors (Lipinski definition) is 1. The van der Waals surface area contributed by atoms with E-state index in [2.05, 4.69) is 29.5 Å². The zero-order valence-electron chi connectivity index (χ0n) is 11.7. The Kier molecular flexibility index (Phi) is 5.30. The molecule has 0 saturated heterocycles. The fourth-order valence-corrected chi connectivity index (χ4v) is 1.91. The van der Waals surface area contributed by atoms with Crippen LogP contribution in [0.25, 0.3) is 11.0 Å². The lowest BCUT2D eigenvalue weighted by atomic mass is 10.3. The van der Waals surface area contributed by atoms with Crippen LogP contribution in [-0.4, -0.2) is 40.8 Å². The van der Waals surface area contributed by atoms with Crippen molar-refractivity contribution in [2.75, 3.05) is 19.7 Å². The highest BCUT2D eigenvalue weighted by Crippen LogP contribution is 2.08. The predicted molar refractivity (Wildman–Crippen MR) is 76.1 cm³/mol. The molecule has 0 amide bonds. The van der Waals surface area contributed by atoms with E-state index >= 15 is 0 Å². The average Bonchev–Trinajstić information content (AvgIpc) is 2.81. The van der Waals surface area contributed by atoms with E-state index in [1.807, 2.05) is 28.9 Å². The highest BCUT2D eigenvalue weighted by atomic mass is 16.5. The molecule has 0 spiro atoms. The molecule has 5 nitrogen and oxygen atoms in total. The molecule has 104 valence electrons. The maximum atomic E-state index is 5.48. The van der Waals surface area contributed by atoms with Crippen LogP contribution in [0.1, 0.15) is 20.3 Å². The Morgan fingerprint density at radius 2 is 2.11 bits per heavy atom. The van der Waals surface area contributed by atoms with E-state index in [-0.39, 0.29) is 0 Å². The van der Waals surface area contributed by atoms with E-state index in [4.69, 9.17) is 4.74 Å². The van der Waals surface area contributed by atoms with Gasteiger partial charge in [-0.05, 0) is 38.9 Å². The van der Waals surface area contributed by atoms with Gasteiger partial charge < -0.3 is 10.1 Å². The quantitative estimate of drug-likeness (QED) is 0.738. The number of aromatic nitrogens is 3. The van der Waals surface area contributed by atoms with Crippen molar-refractivity contribution >= 4 is 11.0 Å². The Morgan fingerprint density at radius 1 is 1.26 bits per heavy atom. The molecule has 5 heteroatoms. The van der Waals surface area contributed by atoms with Gasteiger partial charge in [-0.15, -0.1) is 5.10 Å². The maximum Gasteiger partial charge on any atom is 0.113 e. The summed E-state index contributed by atoms with van der Waals surface area (Å²) in [5.74, 6) is 0. The van der Waals surface area contributed by atoms with Crippen molar-refractivity contribution in [3.8, 4) is 0 Å². The number of hydrogen-bond acceptors (Lipinski definition) is 4. The summed E-state index contributed by atoms with van der Waals surface area (Å²) in [6.45, 7) is 7.64. The van der Waals surface area contributed by atoms with Crippen molar-refractivity contribution in [1.29, 1.82) is 0 Å². The molecule has 1 heterocycles. The summed E-state index contributed by atoms with van der Waals surface area (Å²) in [6, 6.07) is 8.02. The molecule has 2 aromatic rings. The predicted octanol–water partition coefficient (Wildman–Crippen LogP) is 1.84. The Hall–Kier alpha value is -1.46. The molecule has 1 aromatic carbocycles. The molecule has 2 rings (SSSR count). The van der Waals surface area contributed by atoms with Crippen LogP contribution in [0, 0.1) is 0 Å². The van der Waals surface area contributed by atoms with Crippen molar-refractivity contribution in [2.45, 2.75) is 32.9 Å². The lowest BCUT2D eigenvalue weighted by molar-refractivity contribution is 0.0771. The zero-order valence-corrected chi connectivity index (χ0v) is 11.7. The van der Waals surface area contributed by atoms with Gasteiger partial charge in [0.2, 0.25) is 0 Å². The third-order valence-corrected chi connectivity index (χ3v) is 2.87. The van der Waals surface area contributed by atoms with Crippen LogP contribution in [0.5, 0.6) is 0 Å². The van der Waals surface area contributed by atoms with Gasteiger partial charge >= 0.3 is 0 Å². The Labute approximate surface area is 113 Å². The van der Waals surface area contributed by atoms with Crippen LogP contribution in [0.15, 0.2) is 24.3 Å². The van der Waals surface area contributed by atoms with E-state index in [1.54, 1.807) is 0 Å². The van der Waals surface area contributed by atoms with E-state index in [0.717, 1.165) is 43.7 Å². The van der Waals surface area contributed by atoms with Crippen LogP contribution in [0.3, 0.4) is 0 Å².